The highest BCUT2D eigenvalue weighted by Crippen LogP contribution is 2.26. The van der Waals surface area contributed by atoms with Gasteiger partial charge in [-0.25, -0.2) is 0 Å². The van der Waals surface area contributed by atoms with Crippen LogP contribution in [0, 0.1) is 0 Å². The molecule has 0 saturated heterocycles. The van der Waals surface area contributed by atoms with Crippen LogP contribution >= 0.6 is 0 Å². The molecule has 3 rings (SSSR count). The van der Waals surface area contributed by atoms with Crippen molar-refractivity contribution in [1.82, 2.24) is 0 Å². The van der Waals surface area contributed by atoms with Crippen LogP contribution in [0.1, 0.15) is 23.5 Å². The number of allylic oxidation sites excluding steroid dienone is 1. The van der Waals surface area contributed by atoms with Gasteiger partial charge in [0.15, 0.2) is 0 Å². The zero-order valence-electron chi connectivity index (χ0n) is 14.2. The zero-order valence-corrected chi connectivity index (χ0v) is 14.2. The van der Waals surface area contributed by atoms with E-state index in [0.29, 0.717) is 13.0 Å². The summed E-state index contributed by atoms with van der Waals surface area (Å²) in [6.45, 7) is 4.18. The summed E-state index contributed by atoms with van der Waals surface area (Å²) >= 11 is 0. The molecule has 2 heteroatoms. The highest BCUT2D eigenvalue weighted by molar-refractivity contribution is 5.86. The number of esters is 1. The summed E-state index contributed by atoms with van der Waals surface area (Å²) in [5.41, 5.74) is 2.14. The molecule has 0 aliphatic carbocycles. The molecule has 3 aromatic carbocycles. The highest BCUT2D eigenvalue weighted by Gasteiger charge is 2.21. The fraction of sp³-hybridized carbons (Fsp3) is 0.174. The van der Waals surface area contributed by atoms with Crippen molar-refractivity contribution in [3.05, 3.63) is 96.6 Å². The van der Waals surface area contributed by atoms with Crippen molar-refractivity contribution >= 4 is 16.7 Å². The average Bonchev–Trinajstić information content (AvgIpc) is 2.66. The van der Waals surface area contributed by atoms with E-state index in [4.69, 9.17) is 4.74 Å². The quantitative estimate of drug-likeness (QED) is 0.435. The van der Waals surface area contributed by atoms with Crippen molar-refractivity contribution in [2.75, 3.05) is 6.61 Å². The minimum atomic E-state index is -0.308. The highest BCUT2D eigenvalue weighted by atomic mass is 16.5. The molecule has 0 aromatic heterocycles. The summed E-state index contributed by atoms with van der Waals surface area (Å²) in [6, 6.07) is 24.3. The molecule has 0 aliphatic rings. The van der Waals surface area contributed by atoms with Crippen LogP contribution in [0.4, 0.5) is 0 Å². The monoisotopic (exact) mass is 330 g/mol. The number of hydrogen-bond acceptors (Lipinski definition) is 2. The van der Waals surface area contributed by atoms with Gasteiger partial charge in [-0.1, -0.05) is 78.9 Å². The fourth-order valence-electron chi connectivity index (χ4n) is 2.97. The Kier molecular flexibility index (Phi) is 5.63. The third-order valence-electron chi connectivity index (χ3n) is 4.34. The van der Waals surface area contributed by atoms with Gasteiger partial charge in [0, 0.05) is 6.42 Å². The third kappa shape index (κ3) is 4.36. The first kappa shape index (κ1) is 17.0. The number of carbonyl (C=O) groups is 1. The van der Waals surface area contributed by atoms with Crippen LogP contribution in [0.25, 0.3) is 10.8 Å². The minimum Gasteiger partial charge on any atom is -0.465 e. The first-order valence-corrected chi connectivity index (χ1v) is 8.58. The first-order valence-electron chi connectivity index (χ1n) is 8.58. The van der Waals surface area contributed by atoms with Gasteiger partial charge in [-0.3, -0.25) is 4.79 Å². The Morgan fingerprint density at radius 1 is 0.960 bits per heavy atom. The third-order valence-corrected chi connectivity index (χ3v) is 4.34. The minimum absolute atomic E-state index is 0.189. The van der Waals surface area contributed by atoms with E-state index < -0.39 is 0 Å². The Morgan fingerprint density at radius 2 is 1.68 bits per heavy atom. The van der Waals surface area contributed by atoms with E-state index in [1.54, 1.807) is 6.08 Å². The molecule has 0 fully saturated rings. The van der Waals surface area contributed by atoms with Crippen LogP contribution < -0.4 is 0 Å². The number of fused-ring (bicyclic) bond motifs is 1. The van der Waals surface area contributed by atoms with E-state index in [9.17, 15) is 4.79 Å². The molecule has 0 spiro atoms. The molecular weight excluding hydrogens is 308 g/mol. The Labute approximate surface area is 148 Å². The second-order valence-electron chi connectivity index (χ2n) is 6.09. The van der Waals surface area contributed by atoms with Crippen molar-refractivity contribution in [3.8, 4) is 0 Å². The summed E-state index contributed by atoms with van der Waals surface area (Å²) in [5.74, 6) is -0.496. The second-order valence-corrected chi connectivity index (χ2v) is 6.09. The summed E-state index contributed by atoms with van der Waals surface area (Å²) in [7, 11) is 0. The second kappa shape index (κ2) is 8.29. The first-order chi connectivity index (χ1) is 12.3. The van der Waals surface area contributed by atoms with Crippen LogP contribution in [0.15, 0.2) is 85.5 Å². The molecule has 0 N–H and O–H groups in total. The summed E-state index contributed by atoms with van der Waals surface area (Å²) in [4.78, 5) is 12.6. The predicted octanol–water partition coefficient (Wildman–Crippen LogP) is 5.29. The average molecular weight is 330 g/mol. The number of ether oxygens (including phenoxy) is 1. The van der Waals surface area contributed by atoms with E-state index >= 15 is 0 Å². The lowest BCUT2D eigenvalue weighted by Crippen LogP contribution is -2.17. The van der Waals surface area contributed by atoms with Gasteiger partial charge >= 0.3 is 5.97 Å². The lowest BCUT2D eigenvalue weighted by molar-refractivity contribution is -0.145. The van der Waals surface area contributed by atoms with Crippen molar-refractivity contribution in [2.45, 2.75) is 18.8 Å². The van der Waals surface area contributed by atoms with Gasteiger partial charge in [-0.15, -0.1) is 6.58 Å². The molecule has 0 radical (unpaired) electrons. The number of benzene rings is 3. The van der Waals surface area contributed by atoms with Crippen LogP contribution in [0.2, 0.25) is 0 Å². The fourth-order valence-corrected chi connectivity index (χ4v) is 2.97. The maximum absolute atomic E-state index is 12.6. The topological polar surface area (TPSA) is 26.3 Å². The molecule has 0 saturated carbocycles. The molecule has 25 heavy (non-hydrogen) atoms. The molecule has 3 aromatic rings. The standard InChI is InChI=1S/C23H22O2/c1-2-8-22(21-14-13-19-11-6-7-12-20(19)17-21)23(24)25-16-15-18-9-4-3-5-10-18/h2-7,9-14,17,22H,1,8,15-16H2/t22-/m1/s1. The number of hydrogen-bond donors (Lipinski definition) is 0. The van der Waals surface area contributed by atoms with Gasteiger partial charge in [0.2, 0.25) is 0 Å². The number of carbonyl (C=O) groups excluding carboxylic acids is 1. The van der Waals surface area contributed by atoms with Gasteiger partial charge in [0.25, 0.3) is 0 Å². The molecule has 126 valence electrons. The summed E-state index contributed by atoms with van der Waals surface area (Å²) < 4.78 is 5.54. The molecule has 1 atom stereocenters. The summed E-state index contributed by atoms with van der Waals surface area (Å²) in [5, 5.41) is 2.30. The van der Waals surface area contributed by atoms with E-state index in [-0.39, 0.29) is 11.9 Å². The molecular formula is C23H22O2. The lowest BCUT2D eigenvalue weighted by atomic mass is 9.93. The molecule has 0 unspecified atom stereocenters. The van der Waals surface area contributed by atoms with E-state index in [1.165, 1.54) is 10.9 Å². The maximum Gasteiger partial charge on any atom is 0.313 e. The Morgan fingerprint density at radius 3 is 2.44 bits per heavy atom. The van der Waals surface area contributed by atoms with Crippen molar-refractivity contribution in [1.29, 1.82) is 0 Å². The smallest absolute Gasteiger partial charge is 0.313 e. The van der Waals surface area contributed by atoms with Crippen molar-refractivity contribution in [3.63, 3.8) is 0 Å². The predicted molar refractivity (Wildman–Crippen MR) is 103 cm³/mol. The van der Waals surface area contributed by atoms with Crippen molar-refractivity contribution in [2.24, 2.45) is 0 Å². The molecule has 0 aliphatic heterocycles. The SMILES string of the molecule is C=CC[C@@H](C(=O)OCCc1ccccc1)c1ccc2ccccc2c1. The summed E-state index contributed by atoms with van der Waals surface area (Å²) in [6.07, 6.45) is 3.08. The zero-order chi connectivity index (χ0) is 17.5. The van der Waals surface area contributed by atoms with Gasteiger partial charge in [-0.2, -0.15) is 0 Å². The molecule has 0 amide bonds. The van der Waals surface area contributed by atoms with Crippen molar-refractivity contribution < 1.29 is 9.53 Å². The largest absolute Gasteiger partial charge is 0.465 e. The van der Waals surface area contributed by atoms with Crippen LogP contribution in [0.5, 0.6) is 0 Å². The van der Waals surface area contributed by atoms with E-state index in [2.05, 4.69) is 30.8 Å². The lowest BCUT2D eigenvalue weighted by Gasteiger charge is -2.15. The van der Waals surface area contributed by atoms with Gasteiger partial charge in [0.1, 0.15) is 0 Å². The Hall–Kier alpha value is -2.87. The Balaban J connectivity index is 1.70. The van der Waals surface area contributed by atoms with Gasteiger partial charge < -0.3 is 4.74 Å². The van der Waals surface area contributed by atoms with Gasteiger partial charge in [0.05, 0.1) is 12.5 Å². The van der Waals surface area contributed by atoms with E-state index in [1.807, 2.05) is 48.5 Å². The molecule has 0 bridgehead atoms. The van der Waals surface area contributed by atoms with Crippen LogP contribution in [0.3, 0.4) is 0 Å². The van der Waals surface area contributed by atoms with Crippen LogP contribution in [-0.4, -0.2) is 12.6 Å². The van der Waals surface area contributed by atoms with Gasteiger partial charge in [-0.05, 0) is 28.3 Å². The maximum atomic E-state index is 12.6. The number of rotatable bonds is 7. The van der Waals surface area contributed by atoms with Crippen LogP contribution in [-0.2, 0) is 16.0 Å². The molecule has 2 nitrogen and oxygen atoms in total. The normalized spacial score (nSPS) is 11.8. The van der Waals surface area contributed by atoms with E-state index in [0.717, 1.165) is 17.4 Å². The Bertz CT molecular complexity index is 852. The molecule has 0 heterocycles.